The van der Waals surface area contributed by atoms with Gasteiger partial charge in [-0.3, -0.25) is 4.79 Å². The van der Waals surface area contributed by atoms with Crippen LogP contribution in [0.4, 0.5) is 0 Å². The molecule has 14 heavy (non-hydrogen) atoms. The third-order valence-corrected chi connectivity index (χ3v) is 1.82. The second-order valence-electron chi connectivity index (χ2n) is 2.98. The van der Waals surface area contributed by atoms with E-state index in [1.807, 2.05) is 30.3 Å². The van der Waals surface area contributed by atoms with Crippen LogP contribution in [0, 0.1) is 0 Å². The van der Waals surface area contributed by atoms with E-state index >= 15 is 0 Å². The summed E-state index contributed by atoms with van der Waals surface area (Å²) < 4.78 is 5.08. The van der Waals surface area contributed by atoms with Gasteiger partial charge in [-0.25, -0.2) is 0 Å². The van der Waals surface area contributed by atoms with E-state index in [0.717, 1.165) is 6.42 Å². The van der Waals surface area contributed by atoms with Crippen molar-refractivity contribution in [2.45, 2.75) is 6.42 Å². The van der Waals surface area contributed by atoms with Crippen LogP contribution in [0.1, 0.15) is 5.56 Å². The Bertz CT molecular complexity index is 269. The maximum atomic E-state index is 10.6. The van der Waals surface area contributed by atoms with Crippen LogP contribution in [0.2, 0.25) is 0 Å². The van der Waals surface area contributed by atoms with Crippen molar-refractivity contribution in [3.05, 3.63) is 35.9 Å². The fourth-order valence-corrected chi connectivity index (χ4v) is 1.07. The van der Waals surface area contributed by atoms with E-state index in [0.29, 0.717) is 6.61 Å². The van der Waals surface area contributed by atoms with E-state index in [1.165, 1.54) is 5.56 Å². The molecule has 3 nitrogen and oxygen atoms in total. The lowest BCUT2D eigenvalue weighted by Crippen LogP contribution is -2.13. The molecule has 0 unspecified atom stereocenters. The Labute approximate surface area is 83.3 Å². The summed E-state index contributed by atoms with van der Waals surface area (Å²) in [6.45, 7) is 0.0738. The molecule has 0 heterocycles. The topological polar surface area (TPSA) is 46.5 Å². The molecule has 0 radical (unpaired) electrons. The van der Waals surface area contributed by atoms with Gasteiger partial charge in [-0.15, -0.1) is 0 Å². The lowest BCUT2D eigenvalue weighted by molar-refractivity contribution is -0.126. The van der Waals surface area contributed by atoms with Gasteiger partial charge in [0.15, 0.2) is 5.78 Å². The quantitative estimate of drug-likeness (QED) is 0.681. The SMILES string of the molecule is O=C(CO)COCCc1ccccc1. The molecule has 0 amide bonds. The highest BCUT2D eigenvalue weighted by atomic mass is 16.5. The second kappa shape index (κ2) is 6.29. The molecule has 1 aromatic rings. The number of hydrogen-bond donors (Lipinski definition) is 1. The van der Waals surface area contributed by atoms with Crippen LogP contribution in [0.25, 0.3) is 0 Å². The molecule has 1 rings (SSSR count). The maximum Gasteiger partial charge on any atom is 0.183 e. The first-order chi connectivity index (χ1) is 6.83. The van der Waals surface area contributed by atoms with Gasteiger partial charge in [0.2, 0.25) is 0 Å². The van der Waals surface area contributed by atoms with Gasteiger partial charge in [0.25, 0.3) is 0 Å². The predicted molar refractivity (Wildman–Crippen MR) is 53.1 cm³/mol. The van der Waals surface area contributed by atoms with E-state index in [-0.39, 0.29) is 12.4 Å². The second-order valence-corrected chi connectivity index (χ2v) is 2.98. The Balaban J connectivity index is 2.13. The van der Waals surface area contributed by atoms with Gasteiger partial charge in [-0.05, 0) is 12.0 Å². The van der Waals surface area contributed by atoms with Gasteiger partial charge in [-0.2, -0.15) is 0 Å². The number of ketones is 1. The van der Waals surface area contributed by atoms with Crippen molar-refractivity contribution in [1.29, 1.82) is 0 Å². The fraction of sp³-hybridized carbons (Fsp3) is 0.364. The van der Waals surface area contributed by atoms with Gasteiger partial charge >= 0.3 is 0 Å². The minimum absolute atomic E-state index is 0.00331. The summed E-state index contributed by atoms with van der Waals surface area (Å²) in [4.78, 5) is 10.6. The van der Waals surface area contributed by atoms with Crippen LogP contribution in [0.3, 0.4) is 0 Å². The Hall–Kier alpha value is -1.19. The van der Waals surface area contributed by atoms with Gasteiger partial charge in [0.05, 0.1) is 6.61 Å². The number of ether oxygens (including phenoxy) is 1. The molecule has 0 fully saturated rings. The molecular weight excluding hydrogens is 180 g/mol. The number of rotatable bonds is 6. The van der Waals surface area contributed by atoms with E-state index in [4.69, 9.17) is 9.84 Å². The van der Waals surface area contributed by atoms with Gasteiger partial charge in [0.1, 0.15) is 13.2 Å². The van der Waals surface area contributed by atoms with E-state index in [1.54, 1.807) is 0 Å². The molecule has 0 spiro atoms. The van der Waals surface area contributed by atoms with Gasteiger partial charge in [0, 0.05) is 0 Å². The Kier molecular flexibility index (Phi) is 4.89. The molecule has 0 bridgehead atoms. The monoisotopic (exact) mass is 194 g/mol. The molecule has 0 aliphatic rings. The van der Waals surface area contributed by atoms with E-state index < -0.39 is 6.61 Å². The summed E-state index contributed by atoms with van der Waals surface area (Å²) in [6, 6.07) is 9.91. The third kappa shape index (κ3) is 4.16. The van der Waals surface area contributed by atoms with Crippen LogP contribution >= 0.6 is 0 Å². The number of carbonyl (C=O) groups is 1. The average molecular weight is 194 g/mol. The van der Waals surface area contributed by atoms with Crippen molar-refractivity contribution in [3.63, 3.8) is 0 Å². The molecule has 3 heteroatoms. The van der Waals surface area contributed by atoms with E-state index in [9.17, 15) is 4.79 Å². The summed E-state index contributed by atoms with van der Waals surface area (Å²) >= 11 is 0. The molecular formula is C11H14O3. The summed E-state index contributed by atoms with van der Waals surface area (Å²) in [5, 5.41) is 8.42. The first kappa shape index (κ1) is 10.9. The van der Waals surface area contributed by atoms with Crippen LogP contribution in [-0.2, 0) is 16.0 Å². The molecule has 0 aliphatic heterocycles. The Morgan fingerprint density at radius 3 is 2.64 bits per heavy atom. The van der Waals surface area contributed by atoms with Gasteiger partial charge < -0.3 is 9.84 Å². The van der Waals surface area contributed by atoms with Crippen LogP contribution in [0.5, 0.6) is 0 Å². The lowest BCUT2D eigenvalue weighted by Gasteiger charge is -2.02. The van der Waals surface area contributed by atoms with Crippen molar-refractivity contribution in [1.82, 2.24) is 0 Å². The molecule has 1 N–H and O–H groups in total. The smallest absolute Gasteiger partial charge is 0.183 e. The van der Waals surface area contributed by atoms with Crippen molar-refractivity contribution in [2.24, 2.45) is 0 Å². The van der Waals surface area contributed by atoms with Crippen LogP contribution in [-0.4, -0.2) is 30.7 Å². The van der Waals surface area contributed by atoms with Crippen LogP contribution < -0.4 is 0 Å². The van der Waals surface area contributed by atoms with Crippen molar-refractivity contribution in [2.75, 3.05) is 19.8 Å². The zero-order valence-corrected chi connectivity index (χ0v) is 7.98. The predicted octanol–water partition coefficient (Wildman–Crippen LogP) is 0.807. The number of Topliss-reactive ketones (excluding diaryl/α,β-unsaturated/α-hetero) is 1. The van der Waals surface area contributed by atoms with E-state index in [2.05, 4.69) is 0 Å². The average Bonchev–Trinajstić information content (AvgIpc) is 2.25. The van der Waals surface area contributed by atoms with Crippen molar-refractivity contribution >= 4 is 5.78 Å². The largest absolute Gasteiger partial charge is 0.388 e. The normalized spacial score (nSPS) is 10.1. The first-order valence-electron chi connectivity index (χ1n) is 4.57. The number of carbonyl (C=O) groups excluding carboxylic acids is 1. The molecule has 0 atom stereocenters. The summed E-state index contributed by atoms with van der Waals surface area (Å²) in [5.41, 5.74) is 1.18. The number of aliphatic hydroxyl groups is 1. The maximum absolute atomic E-state index is 10.6. The highest BCUT2D eigenvalue weighted by Gasteiger charge is 1.98. The zero-order chi connectivity index (χ0) is 10.2. The third-order valence-electron chi connectivity index (χ3n) is 1.82. The molecule has 0 aromatic heterocycles. The highest BCUT2D eigenvalue weighted by molar-refractivity contribution is 5.80. The molecule has 76 valence electrons. The summed E-state index contributed by atoms with van der Waals surface area (Å²) in [5.74, 6) is -0.280. The van der Waals surface area contributed by atoms with Gasteiger partial charge in [-0.1, -0.05) is 30.3 Å². The molecule has 0 aliphatic carbocycles. The van der Waals surface area contributed by atoms with Crippen LogP contribution in [0.15, 0.2) is 30.3 Å². The number of aliphatic hydroxyl groups excluding tert-OH is 1. The lowest BCUT2D eigenvalue weighted by atomic mass is 10.2. The summed E-state index contributed by atoms with van der Waals surface area (Å²) in [6.07, 6.45) is 0.791. The van der Waals surface area contributed by atoms with Crippen molar-refractivity contribution in [3.8, 4) is 0 Å². The fourth-order valence-electron chi connectivity index (χ4n) is 1.07. The first-order valence-corrected chi connectivity index (χ1v) is 4.57. The highest BCUT2D eigenvalue weighted by Crippen LogP contribution is 1.99. The zero-order valence-electron chi connectivity index (χ0n) is 7.98. The molecule has 0 saturated heterocycles. The molecule has 0 saturated carbocycles. The minimum Gasteiger partial charge on any atom is -0.388 e. The standard InChI is InChI=1S/C11H14O3/c12-8-11(13)9-14-7-6-10-4-2-1-3-5-10/h1-5,12H,6-9H2. The Morgan fingerprint density at radius 2 is 2.00 bits per heavy atom. The molecule has 1 aromatic carbocycles. The number of hydrogen-bond acceptors (Lipinski definition) is 3. The minimum atomic E-state index is -0.439. The Morgan fingerprint density at radius 1 is 1.29 bits per heavy atom. The summed E-state index contributed by atoms with van der Waals surface area (Å²) in [7, 11) is 0. The number of benzene rings is 1. The van der Waals surface area contributed by atoms with Crippen molar-refractivity contribution < 1.29 is 14.6 Å².